The van der Waals surface area contributed by atoms with E-state index in [2.05, 4.69) is 5.32 Å². The van der Waals surface area contributed by atoms with Crippen LogP contribution in [-0.2, 0) is 17.6 Å². The van der Waals surface area contributed by atoms with Crippen LogP contribution in [0.1, 0.15) is 48.3 Å². The monoisotopic (exact) mass is 307 g/mol. The number of carbonyl (C=O) groups is 1. The summed E-state index contributed by atoms with van der Waals surface area (Å²) in [6, 6.07) is 0. The third-order valence-corrected chi connectivity index (χ3v) is 5.53. The SMILES string of the molecule is CNC(=O)C1(CC2CCc3c(F)c(F)c4c(c32)CCO4)CC1. The highest BCUT2D eigenvalue weighted by Crippen LogP contribution is 2.56. The molecule has 3 aliphatic rings. The van der Waals surface area contributed by atoms with E-state index in [0.717, 1.165) is 36.8 Å². The van der Waals surface area contributed by atoms with E-state index in [0.29, 0.717) is 25.0 Å². The fraction of sp³-hybridized carbons (Fsp3) is 0.588. The molecular weight excluding hydrogens is 288 g/mol. The molecule has 1 aliphatic heterocycles. The molecule has 1 fully saturated rings. The van der Waals surface area contributed by atoms with Gasteiger partial charge in [0.1, 0.15) is 0 Å². The summed E-state index contributed by atoms with van der Waals surface area (Å²) in [6.45, 7) is 0.412. The average Bonchev–Trinajstić information content (AvgIpc) is 2.96. The van der Waals surface area contributed by atoms with Crippen LogP contribution in [0.3, 0.4) is 0 Å². The molecule has 1 amide bonds. The zero-order chi connectivity index (χ0) is 15.5. The summed E-state index contributed by atoms with van der Waals surface area (Å²) in [6.07, 6.45) is 4.50. The molecule has 3 nitrogen and oxygen atoms in total. The van der Waals surface area contributed by atoms with E-state index in [4.69, 9.17) is 4.74 Å². The van der Waals surface area contributed by atoms with Gasteiger partial charge >= 0.3 is 0 Å². The summed E-state index contributed by atoms with van der Waals surface area (Å²) in [4.78, 5) is 12.1. The Morgan fingerprint density at radius 2 is 2.05 bits per heavy atom. The van der Waals surface area contributed by atoms with E-state index in [1.807, 2.05) is 0 Å². The van der Waals surface area contributed by atoms with E-state index in [1.165, 1.54) is 0 Å². The summed E-state index contributed by atoms with van der Waals surface area (Å²) >= 11 is 0. The quantitative estimate of drug-likeness (QED) is 0.932. The van der Waals surface area contributed by atoms with Crippen molar-refractivity contribution in [1.82, 2.24) is 5.32 Å². The number of rotatable bonds is 3. The van der Waals surface area contributed by atoms with Crippen molar-refractivity contribution in [1.29, 1.82) is 0 Å². The Bertz CT molecular complexity index is 667. The largest absolute Gasteiger partial charge is 0.490 e. The van der Waals surface area contributed by atoms with Gasteiger partial charge in [-0.25, -0.2) is 4.39 Å². The molecule has 0 bridgehead atoms. The summed E-state index contributed by atoms with van der Waals surface area (Å²) in [5, 5.41) is 2.74. The average molecular weight is 307 g/mol. The van der Waals surface area contributed by atoms with Crippen LogP contribution >= 0.6 is 0 Å². The Hall–Kier alpha value is -1.65. The molecule has 1 aromatic carbocycles. The minimum Gasteiger partial charge on any atom is -0.490 e. The van der Waals surface area contributed by atoms with Crippen LogP contribution in [0.5, 0.6) is 5.75 Å². The van der Waals surface area contributed by atoms with Crippen LogP contribution in [0.2, 0.25) is 0 Å². The van der Waals surface area contributed by atoms with Gasteiger partial charge in [-0.05, 0) is 49.1 Å². The van der Waals surface area contributed by atoms with Gasteiger partial charge in [0.05, 0.1) is 6.61 Å². The first-order valence-electron chi connectivity index (χ1n) is 7.95. The molecule has 1 aromatic rings. The van der Waals surface area contributed by atoms with Gasteiger partial charge in [0.2, 0.25) is 11.7 Å². The fourth-order valence-electron chi connectivity index (χ4n) is 4.26. The second-order valence-electron chi connectivity index (χ2n) is 6.73. The van der Waals surface area contributed by atoms with Crippen molar-refractivity contribution in [3.8, 4) is 5.75 Å². The normalized spacial score (nSPS) is 23.7. The van der Waals surface area contributed by atoms with E-state index >= 15 is 0 Å². The van der Waals surface area contributed by atoms with Crippen molar-refractivity contribution < 1.29 is 18.3 Å². The number of fused-ring (bicyclic) bond motifs is 3. The number of hydrogen-bond donors (Lipinski definition) is 1. The first-order valence-corrected chi connectivity index (χ1v) is 7.95. The summed E-state index contributed by atoms with van der Waals surface area (Å²) in [7, 11) is 1.66. The predicted octanol–water partition coefficient (Wildman–Crippen LogP) is 2.85. The van der Waals surface area contributed by atoms with Crippen LogP contribution in [0.4, 0.5) is 8.78 Å². The number of ether oxygens (including phenoxy) is 1. The van der Waals surface area contributed by atoms with Crippen LogP contribution in [-0.4, -0.2) is 19.6 Å². The number of benzene rings is 1. The topological polar surface area (TPSA) is 38.3 Å². The lowest BCUT2D eigenvalue weighted by Crippen LogP contribution is -2.30. The minimum absolute atomic E-state index is 0.0800. The van der Waals surface area contributed by atoms with Gasteiger partial charge in [-0.1, -0.05) is 0 Å². The lowest BCUT2D eigenvalue weighted by molar-refractivity contribution is -0.126. The highest BCUT2D eigenvalue weighted by molar-refractivity contribution is 5.85. The van der Waals surface area contributed by atoms with Crippen molar-refractivity contribution in [2.75, 3.05) is 13.7 Å². The van der Waals surface area contributed by atoms with Crippen LogP contribution in [0.15, 0.2) is 0 Å². The van der Waals surface area contributed by atoms with Gasteiger partial charge in [0.25, 0.3) is 0 Å². The summed E-state index contributed by atoms with van der Waals surface area (Å²) < 4.78 is 33.6. The van der Waals surface area contributed by atoms with Gasteiger partial charge in [-0.15, -0.1) is 0 Å². The lowest BCUT2D eigenvalue weighted by Gasteiger charge is -2.21. The van der Waals surface area contributed by atoms with Crippen molar-refractivity contribution >= 4 is 5.91 Å². The summed E-state index contributed by atoms with van der Waals surface area (Å²) in [5.74, 6) is -1.26. The zero-order valence-electron chi connectivity index (χ0n) is 12.6. The molecule has 1 heterocycles. The first kappa shape index (κ1) is 14.0. The summed E-state index contributed by atoms with van der Waals surface area (Å²) in [5.41, 5.74) is 1.99. The van der Waals surface area contributed by atoms with Gasteiger partial charge < -0.3 is 10.1 Å². The third kappa shape index (κ3) is 1.80. The molecular formula is C17H19F2NO2. The molecule has 1 N–H and O–H groups in total. The van der Waals surface area contributed by atoms with Crippen LogP contribution < -0.4 is 10.1 Å². The van der Waals surface area contributed by atoms with E-state index in [-0.39, 0.29) is 23.0 Å². The number of carbonyl (C=O) groups excluding carboxylic acids is 1. The highest BCUT2D eigenvalue weighted by atomic mass is 19.2. The molecule has 1 saturated carbocycles. The van der Waals surface area contributed by atoms with Gasteiger partial charge in [0, 0.05) is 24.4 Å². The minimum atomic E-state index is -0.834. The Balaban J connectivity index is 1.73. The molecule has 0 aromatic heterocycles. The smallest absolute Gasteiger partial charge is 0.225 e. The molecule has 4 rings (SSSR count). The molecule has 118 valence electrons. The second kappa shape index (κ2) is 4.67. The maximum Gasteiger partial charge on any atom is 0.225 e. The molecule has 5 heteroatoms. The Labute approximate surface area is 128 Å². The van der Waals surface area contributed by atoms with Crippen molar-refractivity contribution in [3.63, 3.8) is 0 Å². The first-order chi connectivity index (χ1) is 10.6. The lowest BCUT2D eigenvalue weighted by atomic mass is 9.84. The van der Waals surface area contributed by atoms with Crippen molar-refractivity contribution in [2.45, 2.75) is 44.4 Å². The third-order valence-electron chi connectivity index (χ3n) is 5.53. The number of halogens is 2. The van der Waals surface area contributed by atoms with Crippen molar-refractivity contribution in [2.24, 2.45) is 5.41 Å². The van der Waals surface area contributed by atoms with Crippen LogP contribution in [0, 0.1) is 17.0 Å². The van der Waals surface area contributed by atoms with E-state index in [1.54, 1.807) is 7.05 Å². The van der Waals surface area contributed by atoms with Gasteiger partial charge in [-0.2, -0.15) is 4.39 Å². The van der Waals surface area contributed by atoms with E-state index < -0.39 is 11.6 Å². The molecule has 0 spiro atoms. The van der Waals surface area contributed by atoms with Gasteiger partial charge in [-0.3, -0.25) is 4.79 Å². The molecule has 1 atom stereocenters. The molecule has 0 radical (unpaired) electrons. The maximum atomic E-state index is 14.3. The molecule has 1 unspecified atom stereocenters. The molecule has 2 aliphatic carbocycles. The Morgan fingerprint density at radius 3 is 2.73 bits per heavy atom. The molecule has 0 saturated heterocycles. The van der Waals surface area contributed by atoms with Crippen molar-refractivity contribution in [3.05, 3.63) is 28.3 Å². The highest BCUT2D eigenvalue weighted by Gasteiger charge is 2.51. The van der Waals surface area contributed by atoms with Crippen LogP contribution in [0.25, 0.3) is 0 Å². The Kier molecular flexibility index (Phi) is 2.97. The maximum absolute atomic E-state index is 14.3. The predicted molar refractivity (Wildman–Crippen MR) is 77.0 cm³/mol. The number of hydrogen-bond acceptors (Lipinski definition) is 2. The van der Waals surface area contributed by atoms with Gasteiger partial charge in [0.15, 0.2) is 11.6 Å². The Morgan fingerprint density at radius 1 is 1.27 bits per heavy atom. The molecule has 22 heavy (non-hydrogen) atoms. The number of nitrogens with one attached hydrogen (secondary N) is 1. The second-order valence-corrected chi connectivity index (χ2v) is 6.73. The fourth-order valence-corrected chi connectivity index (χ4v) is 4.26. The number of amides is 1. The zero-order valence-corrected chi connectivity index (χ0v) is 12.6. The standard InChI is InChI=1S/C17H19F2NO2/c1-20-16(21)17(5-6-17)8-9-2-3-10-12(9)11-4-7-22-15(11)14(19)13(10)18/h9H,2-8H2,1H3,(H,20,21). The van der Waals surface area contributed by atoms with E-state index in [9.17, 15) is 13.6 Å².